The molecule has 0 saturated carbocycles. The summed E-state index contributed by atoms with van der Waals surface area (Å²) in [6.45, 7) is 9.66. The summed E-state index contributed by atoms with van der Waals surface area (Å²) in [5, 5.41) is 0. The number of hydrogen-bond acceptors (Lipinski definition) is 3. The van der Waals surface area contributed by atoms with E-state index in [1.807, 2.05) is 27.7 Å². The number of alkyl halides is 1. The van der Waals surface area contributed by atoms with Gasteiger partial charge < -0.3 is 13.3 Å². The number of rotatable bonds is 8. The molecule has 0 heterocycles. The van der Waals surface area contributed by atoms with Gasteiger partial charge in [-0.2, -0.15) is 0 Å². The predicted molar refractivity (Wildman–Crippen MR) is 60.8 cm³/mol. The van der Waals surface area contributed by atoms with Crippen LogP contribution >= 0.6 is 11.6 Å². The number of hydrogen-bond donors (Lipinski definition) is 0. The number of halogens is 1. The standard InChI is InChI=1S/C9H21ClO3Si/c1-5-11-14(12-6-2,13-7-3)9(4)8-10/h9H,5-8H2,1-4H3. The lowest BCUT2D eigenvalue weighted by atomic mass is 10.6. The van der Waals surface area contributed by atoms with Gasteiger partial charge in [0.05, 0.1) is 0 Å². The Bertz CT molecular complexity index is 129. The zero-order valence-electron chi connectivity index (χ0n) is 9.51. The average molecular weight is 241 g/mol. The normalized spacial score (nSPS) is 14.4. The minimum absolute atomic E-state index is 0.143. The van der Waals surface area contributed by atoms with Gasteiger partial charge in [0, 0.05) is 31.2 Å². The fourth-order valence-corrected chi connectivity index (χ4v) is 4.32. The summed E-state index contributed by atoms with van der Waals surface area (Å²) in [5.41, 5.74) is 0.143. The molecule has 3 nitrogen and oxygen atoms in total. The van der Waals surface area contributed by atoms with E-state index in [0.717, 1.165) is 0 Å². The molecular formula is C9H21ClO3Si. The highest BCUT2D eigenvalue weighted by Gasteiger charge is 2.46. The Hall–Kier alpha value is 0.387. The molecule has 1 unspecified atom stereocenters. The van der Waals surface area contributed by atoms with E-state index in [1.54, 1.807) is 0 Å². The first-order valence-corrected chi connectivity index (χ1v) is 7.48. The van der Waals surface area contributed by atoms with Crippen LogP contribution in [0.4, 0.5) is 0 Å². The highest BCUT2D eigenvalue weighted by Crippen LogP contribution is 2.26. The highest BCUT2D eigenvalue weighted by molar-refractivity contribution is 6.63. The second-order valence-corrected chi connectivity index (χ2v) is 6.33. The first-order chi connectivity index (χ1) is 6.66. The van der Waals surface area contributed by atoms with E-state index in [-0.39, 0.29) is 5.54 Å². The lowest BCUT2D eigenvalue weighted by Crippen LogP contribution is -2.50. The van der Waals surface area contributed by atoms with Crippen LogP contribution in [0.5, 0.6) is 0 Å². The van der Waals surface area contributed by atoms with E-state index < -0.39 is 8.80 Å². The predicted octanol–water partition coefficient (Wildman–Crippen LogP) is 2.66. The van der Waals surface area contributed by atoms with Crippen molar-refractivity contribution >= 4 is 20.4 Å². The zero-order valence-corrected chi connectivity index (χ0v) is 11.3. The topological polar surface area (TPSA) is 27.7 Å². The molecule has 0 rings (SSSR count). The van der Waals surface area contributed by atoms with Crippen molar-refractivity contribution in [1.29, 1.82) is 0 Å². The molecule has 0 aliphatic heterocycles. The van der Waals surface area contributed by atoms with Gasteiger partial charge in [-0.05, 0) is 20.8 Å². The maximum Gasteiger partial charge on any atom is 0.505 e. The Labute approximate surface area is 93.1 Å². The molecule has 5 heteroatoms. The molecule has 0 aromatic heterocycles. The van der Waals surface area contributed by atoms with Crippen LogP contribution in [0.2, 0.25) is 5.54 Å². The lowest BCUT2D eigenvalue weighted by molar-refractivity contribution is 0.0645. The van der Waals surface area contributed by atoms with E-state index in [0.29, 0.717) is 25.7 Å². The van der Waals surface area contributed by atoms with Gasteiger partial charge in [-0.25, -0.2) is 0 Å². The molecule has 0 N–H and O–H groups in total. The van der Waals surface area contributed by atoms with Crippen molar-refractivity contribution in [1.82, 2.24) is 0 Å². The molecule has 0 fully saturated rings. The molecule has 0 aliphatic carbocycles. The van der Waals surface area contributed by atoms with Crippen LogP contribution in [0.15, 0.2) is 0 Å². The first kappa shape index (κ1) is 14.4. The Morgan fingerprint density at radius 2 is 1.36 bits per heavy atom. The summed E-state index contributed by atoms with van der Waals surface area (Å²) in [5.74, 6) is 0.506. The summed E-state index contributed by atoms with van der Waals surface area (Å²) in [7, 11) is -2.53. The van der Waals surface area contributed by atoms with E-state index >= 15 is 0 Å². The molecule has 0 aliphatic rings. The molecule has 0 amide bonds. The van der Waals surface area contributed by atoms with Gasteiger partial charge in [-0.15, -0.1) is 11.6 Å². The molecule has 0 spiro atoms. The van der Waals surface area contributed by atoms with Crippen LogP contribution in [0.25, 0.3) is 0 Å². The van der Waals surface area contributed by atoms with Crippen LogP contribution in [-0.4, -0.2) is 34.5 Å². The maximum atomic E-state index is 5.84. The van der Waals surface area contributed by atoms with Gasteiger partial charge in [0.15, 0.2) is 0 Å². The monoisotopic (exact) mass is 240 g/mol. The summed E-state index contributed by atoms with van der Waals surface area (Å²) >= 11 is 5.84. The fraction of sp³-hybridized carbons (Fsp3) is 1.00. The second kappa shape index (κ2) is 7.65. The molecule has 0 aromatic rings. The van der Waals surface area contributed by atoms with Gasteiger partial charge in [-0.3, -0.25) is 0 Å². The Morgan fingerprint density at radius 3 is 1.57 bits per heavy atom. The minimum atomic E-state index is -2.53. The Kier molecular flexibility index (Phi) is 7.86. The first-order valence-electron chi connectivity index (χ1n) is 5.14. The van der Waals surface area contributed by atoms with E-state index in [2.05, 4.69) is 0 Å². The lowest BCUT2D eigenvalue weighted by Gasteiger charge is -2.32. The van der Waals surface area contributed by atoms with Crippen molar-refractivity contribution in [3.63, 3.8) is 0 Å². The molecule has 0 radical (unpaired) electrons. The molecule has 14 heavy (non-hydrogen) atoms. The second-order valence-electron chi connectivity index (χ2n) is 2.96. The van der Waals surface area contributed by atoms with Gasteiger partial charge in [-0.1, -0.05) is 6.92 Å². The third-order valence-electron chi connectivity index (χ3n) is 1.87. The van der Waals surface area contributed by atoms with Crippen molar-refractivity contribution < 1.29 is 13.3 Å². The maximum absolute atomic E-state index is 5.84. The van der Waals surface area contributed by atoms with E-state index in [4.69, 9.17) is 24.9 Å². The highest BCUT2D eigenvalue weighted by atomic mass is 35.5. The fourth-order valence-electron chi connectivity index (χ4n) is 1.25. The minimum Gasteiger partial charge on any atom is -0.374 e. The van der Waals surface area contributed by atoms with Crippen LogP contribution in [-0.2, 0) is 13.3 Å². The Balaban J connectivity index is 4.53. The molecule has 86 valence electrons. The summed E-state index contributed by atoms with van der Waals surface area (Å²) < 4.78 is 17.0. The van der Waals surface area contributed by atoms with E-state index in [1.165, 1.54) is 0 Å². The summed E-state index contributed by atoms with van der Waals surface area (Å²) in [4.78, 5) is 0. The molecular weight excluding hydrogens is 220 g/mol. The van der Waals surface area contributed by atoms with Gasteiger partial charge >= 0.3 is 8.80 Å². The van der Waals surface area contributed by atoms with Crippen molar-refractivity contribution in [3.05, 3.63) is 0 Å². The molecule has 0 aromatic carbocycles. The molecule has 0 bridgehead atoms. The van der Waals surface area contributed by atoms with Crippen molar-refractivity contribution in [2.24, 2.45) is 0 Å². The third kappa shape index (κ3) is 3.86. The molecule has 0 saturated heterocycles. The summed E-state index contributed by atoms with van der Waals surface area (Å²) in [6.07, 6.45) is 0. The van der Waals surface area contributed by atoms with Crippen molar-refractivity contribution in [3.8, 4) is 0 Å². The quantitative estimate of drug-likeness (QED) is 0.482. The SMILES string of the molecule is CCO[Si](OCC)(OCC)C(C)CCl. The summed E-state index contributed by atoms with van der Waals surface area (Å²) in [6, 6.07) is 0. The molecule has 1 atom stereocenters. The zero-order chi connectivity index (χ0) is 11.0. The van der Waals surface area contributed by atoms with Gasteiger partial charge in [0.2, 0.25) is 0 Å². The largest absolute Gasteiger partial charge is 0.505 e. The van der Waals surface area contributed by atoms with Crippen LogP contribution in [0, 0.1) is 0 Å². The van der Waals surface area contributed by atoms with Crippen LogP contribution in [0.3, 0.4) is 0 Å². The van der Waals surface area contributed by atoms with Crippen LogP contribution in [0.1, 0.15) is 27.7 Å². The Morgan fingerprint density at radius 1 is 1.00 bits per heavy atom. The van der Waals surface area contributed by atoms with Gasteiger partial charge in [0.25, 0.3) is 0 Å². The van der Waals surface area contributed by atoms with Crippen molar-refractivity contribution in [2.45, 2.75) is 33.2 Å². The van der Waals surface area contributed by atoms with Crippen LogP contribution < -0.4 is 0 Å². The average Bonchev–Trinajstić information content (AvgIpc) is 2.17. The van der Waals surface area contributed by atoms with Gasteiger partial charge in [0.1, 0.15) is 0 Å². The third-order valence-corrected chi connectivity index (χ3v) is 6.08. The smallest absolute Gasteiger partial charge is 0.374 e. The van der Waals surface area contributed by atoms with E-state index in [9.17, 15) is 0 Å². The van der Waals surface area contributed by atoms with Crippen molar-refractivity contribution in [2.75, 3.05) is 25.7 Å².